The molecule has 8 aromatic rings. The highest BCUT2D eigenvalue weighted by Gasteiger charge is 2.26. The zero-order valence-electron chi connectivity index (χ0n) is 30.0. The van der Waals surface area contributed by atoms with Crippen LogP contribution >= 0.6 is 0 Å². The first-order valence-electron chi connectivity index (χ1n) is 17.7. The number of rotatable bonds is 6. The lowest BCUT2D eigenvalue weighted by atomic mass is 9.88. The highest BCUT2D eigenvalue weighted by molar-refractivity contribution is 6.10. The Morgan fingerprint density at radius 1 is 0.660 bits per heavy atom. The predicted molar refractivity (Wildman–Crippen MR) is 195 cm³/mol. The molecule has 0 saturated carbocycles. The van der Waals surface area contributed by atoms with Crippen LogP contribution < -0.4 is 0 Å². The predicted octanol–water partition coefficient (Wildman–Crippen LogP) is 11.9. The third-order valence-electron chi connectivity index (χ3n) is 9.10. The minimum atomic E-state index is -2.37. The fourth-order valence-corrected chi connectivity index (χ4v) is 6.76. The number of hydrogen-bond acceptors (Lipinski definition) is 3. The van der Waals surface area contributed by atoms with Gasteiger partial charge in [-0.2, -0.15) is 0 Å². The maximum Gasteiger partial charge on any atom is 0.227 e. The maximum atomic E-state index is 8.48. The van der Waals surface area contributed by atoms with Gasteiger partial charge in [0.1, 0.15) is 11.4 Å². The fraction of sp³-hybridized carbons (Fsp3) is 0.163. The summed E-state index contributed by atoms with van der Waals surface area (Å²) in [6.45, 7) is 6.56. The van der Waals surface area contributed by atoms with E-state index in [0.717, 1.165) is 28.0 Å². The quantitative estimate of drug-likeness (QED) is 0.187. The number of aryl methyl sites for hydroxylation is 1. The molecule has 0 aliphatic carbocycles. The molecular formula is C43H37N3O. The Labute approximate surface area is 279 Å². The Morgan fingerprint density at radius 2 is 1.32 bits per heavy atom. The van der Waals surface area contributed by atoms with Crippen molar-refractivity contribution in [3.63, 3.8) is 0 Å². The van der Waals surface area contributed by atoms with E-state index in [9.17, 15) is 0 Å². The van der Waals surface area contributed by atoms with Crippen molar-refractivity contribution >= 4 is 33.1 Å². The van der Waals surface area contributed by atoms with Gasteiger partial charge >= 0.3 is 0 Å². The van der Waals surface area contributed by atoms with Crippen LogP contribution in [0.25, 0.3) is 72.6 Å². The van der Waals surface area contributed by atoms with Crippen LogP contribution in [0.1, 0.15) is 60.3 Å². The van der Waals surface area contributed by atoms with Gasteiger partial charge in [-0.25, -0.2) is 9.97 Å². The van der Waals surface area contributed by atoms with Gasteiger partial charge in [0.2, 0.25) is 5.71 Å². The lowest BCUT2D eigenvalue weighted by molar-refractivity contribution is 0.655. The van der Waals surface area contributed by atoms with Crippen molar-refractivity contribution in [1.29, 1.82) is 0 Å². The minimum Gasteiger partial charge on any atom is -0.437 e. The Kier molecular flexibility index (Phi) is 6.23. The standard InChI is InChI=1S/C43H37N3O/c1-26(2)34-24-31(29-14-8-6-9-15-29)25-35(27(3)4)40(34)46-38-19-13-12-18-37(38)44-42(46)33-21-20-28(5)39-32-22-23-36(30-16-10-7-11-17-30)45-43(32)47-41(33)39/h6-27H,1-5H3/i5D3. The molecule has 0 fully saturated rings. The first-order valence-corrected chi connectivity index (χ1v) is 16.2. The number of aromatic nitrogens is 3. The summed E-state index contributed by atoms with van der Waals surface area (Å²) in [6, 6.07) is 40.6. The average molecular weight is 615 g/mol. The van der Waals surface area contributed by atoms with E-state index in [-0.39, 0.29) is 17.4 Å². The van der Waals surface area contributed by atoms with Crippen LogP contribution in [0.2, 0.25) is 0 Å². The second kappa shape index (κ2) is 11.4. The molecule has 0 atom stereocenters. The van der Waals surface area contributed by atoms with Gasteiger partial charge in [0.05, 0.1) is 28.0 Å². The molecule has 0 unspecified atom stereocenters. The summed E-state index contributed by atoms with van der Waals surface area (Å²) >= 11 is 0. The number of pyridine rings is 1. The minimum absolute atomic E-state index is 0.199. The van der Waals surface area contributed by atoms with Crippen molar-refractivity contribution in [2.75, 3.05) is 0 Å². The van der Waals surface area contributed by atoms with E-state index < -0.39 is 6.85 Å². The molecule has 0 aliphatic heterocycles. The monoisotopic (exact) mass is 614 g/mol. The SMILES string of the molecule is [2H]C([2H])([2H])c1ccc(-c2nc3ccccc3n2-c2c(C(C)C)cc(-c3ccccc3)cc2C(C)C)c2oc3nc(-c4ccccc4)ccc3c12. The van der Waals surface area contributed by atoms with Gasteiger partial charge in [0, 0.05) is 20.4 Å². The topological polar surface area (TPSA) is 43.9 Å². The number of fused-ring (bicyclic) bond motifs is 4. The third kappa shape index (κ3) is 4.83. The van der Waals surface area contributed by atoms with Crippen LogP contribution in [0.15, 0.2) is 126 Å². The smallest absolute Gasteiger partial charge is 0.227 e. The van der Waals surface area contributed by atoms with E-state index in [2.05, 4.69) is 74.7 Å². The van der Waals surface area contributed by atoms with E-state index in [0.29, 0.717) is 33.5 Å². The van der Waals surface area contributed by atoms with Crippen LogP contribution in [0, 0.1) is 6.85 Å². The lowest BCUT2D eigenvalue weighted by Gasteiger charge is -2.24. The average Bonchev–Trinajstić information content (AvgIpc) is 3.69. The van der Waals surface area contributed by atoms with E-state index in [1.54, 1.807) is 6.07 Å². The zero-order chi connectivity index (χ0) is 34.7. The molecular weight excluding hydrogens is 574 g/mol. The summed E-state index contributed by atoms with van der Waals surface area (Å²) in [6.07, 6.45) is 0. The Hall–Kier alpha value is -5.48. The molecule has 8 rings (SSSR count). The second-order valence-electron chi connectivity index (χ2n) is 12.8. The Morgan fingerprint density at radius 3 is 2.00 bits per heavy atom. The van der Waals surface area contributed by atoms with Crippen LogP contribution in [-0.4, -0.2) is 14.5 Å². The summed E-state index contributed by atoms with van der Waals surface area (Å²) < 4.78 is 34.3. The van der Waals surface area contributed by atoms with Gasteiger partial charge in [-0.3, -0.25) is 4.57 Å². The normalized spacial score (nSPS) is 13.1. The number of nitrogens with zero attached hydrogens (tertiary/aromatic N) is 3. The molecule has 3 aromatic heterocycles. The van der Waals surface area contributed by atoms with Crippen molar-refractivity contribution in [3.05, 3.63) is 138 Å². The van der Waals surface area contributed by atoms with Gasteiger partial charge in [0.25, 0.3) is 0 Å². The summed E-state index contributed by atoms with van der Waals surface area (Å²) in [5, 5.41) is 1.20. The molecule has 47 heavy (non-hydrogen) atoms. The van der Waals surface area contributed by atoms with E-state index in [1.165, 1.54) is 22.3 Å². The van der Waals surface area contributed by atoms with Gasteiger partial charge < -0.3 is 4.42 Å². The van der Waals surface area contributed by atoms with Crippen LogP contribution in [-0.2, 0) is 0 Å². The van der Waals surface area contributed by atoms with Crippen molar-refractivity contribution in [3.8, 4) is 39.5 Å². The fourth-order valence-electron chi connectivity index (χ4n) is 6.76. The molecule has 4 heteroatoms. The van der Waals surface area contributed by atoms with Crippen molar-refractivity contribution < 1.29 is 8.53 Å². The molecule has 3 heterocycles. The molecule has 0 saturated heterocycles. The number of imidazole rings is 1. The van der Waals surface area contributed by atoms with Crippen LogP contribution in [0.3, 0.4) is 0 Å². The summed E-state index contributed by atoms with van der Waals surface area (Å²) in [4.78, 5) is 10.2. The molecule has 0 N–H and O–H groups in total. The van der Waals surface area contributed by atoms with E-state index in [4.69, 9.17) is 18.5 Å². The van der Waals surface area contributed by atoms with E-state index >= 15 is 0 Å². The molecule has 5 aromatic carbocycles. The van der Waals surface area contributed by atoms with Crippen molar-refractivity contribution in [2.24, 2.45) is 0 Å². The molecule has 4 nitrogen and oxygen atoms in total. The van der Waals surface area contributed by atoms with Gasteiger partial charge in [0.15, 0.2) is 0 Å². The molecule has 0 radical (unpaired) electrons. The molecule has 0 spiro atoms. The van der Waals surface area contributed by atoms with Crippen LogP contribution in [0.5, 0.6) is 0 Å². The number of para-hydroxylation sites is 2. The summed E-state index contributed by atoms with van der Waals surface area (Å²) in [5.74, 6) is 1.08. The molecule has 230 valence electrons. The summed E-state index contributed by atoms with van der Waals surface area (Å²) in [5.41, 5.74) is 11.1. The largest absolute Gasteiger partial charge is 0.437 e. The second-order valence-corrected chi connectivity index (χ2v) is 12.8. The lowest BCUT2D eigenvalue weighted by Crippen LogP contribution is -2.09. The Bertz CT molecular complexity index is 2500. The number of furan rings is 1. The third-order valence-corrected chi connectivity index (χ3v) is 9.10. The highest BCUT2D eigenvalue weighted by atomic mass is 16.3. The van der Waals surface area contributed by atoms with Crippen molar-refractivity contribution in [1.82, 2.24) is 14.5 Å². The molecule has 0 aliphatic rings. The molecule has 0 bridgehead atoms. The number of benzene rings is 5. The first kappa shape index (κ1) is 25.7. The maximum absolute atomic E-state index is 8.48. The van der Waals surface area contributed by atoms with E-state index in [1.807, 2.05) is 72.8 Å². The van der Waals surface area contributed by atoms with Gasteiger partial charge in [-0.15, -0.1) is 0 Å². The summed E-state index contributed by atoms with van der Waals surface area (Å²) in [7, 11) is 0. The van der Waals surface area contributed by atoms with Gasteiger partial charge in [-0.1, -0.05) is 107 Å². The first-order chi connectivity index (χ1) is 24.1. The molecule has 0 amide bonds. The van der Waals surface area contributed by atoms with Crippen molar-refractivity contribution in [2.45, 2.75) is 46.4 Å². The number of hydrogen-bond donors (Lipinski definition) is 0. The zero-order valence-corrected chi connectivity index (χ0v) is 27.0. The highest BCUT2D eigenvalue weighted by Crippen LogP contribution is 2.43. The van der Waals surface area contributed by atoms with Crippen LogP contribution in [0.4, 0.5) is 0 Å². The van der Waals surface area contributed by atoms with Gasteiger partial charge in [-0.05, 0) is 89.0 Å². The Balaban J connectivity index is 1.46.